The molecule has 0 saturated heterocycles. The zero-order chi connectivity index (χ0) is 23.0. The van der Waals surface area contributed by atoms with Crippen LogP contribution in [-0.2, 0) is 0 Å². The SMILES string of the molecule is COc1ccc([C@@H]2CC(c3c(O)n(-c4cccc(Cl)c4)c(=O)[nH]c3=O)=NN2C)cc1OC. The van der Waals surface area contributed by atoms with Gasteiger partial charge in [0.05, 0.1) is 31.7 Å². The smallest absolute Gasteiger partial charge is 0.335 e. The molecule has 0 unspecified atom stereocenters. The van der Waals surface area contributed by atoms with Crippen molar-refractivity contribution in [2.45, 2.75) is 12.5 Å². The van der Waals surface area contributed by atoms with E-state index in [0.29, 0.717) is 34.3 Å². The van der Waals surface area contributed by atoms with E-state index in [1.54, 1.807) is 50.5 Å². The van der Waals surface area contributed by atoms with Gasteiger partial charge in [0, 0.05) is 18.5 Å². The van der Waals surface area contributed by atoms with Crippen molar-refractivity contribution in [3.8, 4) is 23.1 Å². The number of methoxy groups -OCH3 is 2. The highest BCUT2D eigenvalue weighted by Crippen LogP contribution is 2.37. The summed E-state index contributed by atoms with van der Waals surface area (Å²) in [5, 5.41) is 17.5. The molecule has 0 saturated carbocycles. The van der Waals surface area contributed by atoms with E-state index in [0.717, 1.165) is 10.1 Å². The molecule has 0 radical (unpaired) electrons. The molecule has 0 amide bonds. The molecular formula is C22H21ClN4O5. The fourth-order valence-electron chi connectivity index (χ4n) is 3.80. The maximum Gasteiger partial charge on any atom is 0.335 e. The number of aromatic amines is 1. The second-order valence-electron chi connectivity index (χ2n) is 7.23. The molecule has 0 bridgehead atoms. The normalized spacial score (nSPS) is 15.6. The first-order valence-electron chi connectivity index (χ1n) is 9.71. The Morgan fingerprint density at radius 2 is 1.88 bits per heavy atom. The first kappa shape index (κ1) is 21.5. The van der Waals surface area contributed by atoms with E-state index in [-0.39, 0.29) is 11.6 Å². The predicted molar refractivity (Wildman–Crippen MR) is 121 cm³/mol. The fourth-order valence-corrected chi connectivity index (χ4v) is 3.99. The van der Waals surface area contributed by atoms with Gasteiger partial charge < -0.3 is 14.6 Å². The van der Waals surface area contributed by atoms with E-state index in [1.165, 1.54) is 6.07 Å². The molecule has 4 rings (SSSR count). The number of aromatic nitrogens is 2. The Labute approximate surface area is 188 Å². The van der Waals surface area contributed by atoms with Gasteiger partial charge in [0.1, 0.15) is 5.56 Å². The van der Waals surface area contributed by atoms with Gasteiger partial charge >= 0.3 is 5.69 Å². The predicted octanol–water partition coefficient (Wildman–Crippen LogP) is 2.68. The van der Waals surface area contributed by atoms with Crippen molar-refractivity contribution in [3.63, 3.8) is 0 Å². The van der Waals surface area contributed by atoms with Crippen molar-refractivity contribution in [1.82, 2.24) is 14.6 Å². The Morgan fingerprint density at radius 3 is 2.56 bits per heavy atom. The summed E-state index contributed by atoms with van der Waals surface area (Å²) in [6.45, 7) is 0. The molecule has 10 heteroatoms. The van der Waals surface area contributed by atoms with Crippen molar-refractivity contribution in [1.29, 1.82) is 0 Å². The number of benzene rings is 2. The molecule has 166 valence electrons. The van der Waals surface area contributed by atoms with Crippen LogP contribution in [0.1, 0.15) is 23.6 Å². The van der Waals surface area contributed by atoms with Gasteiger partial charge in [-0.1, -0.05) is 23.7 Å². The van der Waals surface area contributed by atoms with E-state index in [2.05, 4.69) is 10.1 Å². The highest BCUT2D eigenvalue weighted by atomic mass is 35.5. The lowest BCUT2D eigenvalue weighted by atomic mass is 9.99. The molecule has 1 aliphatic heterocycles. The molecule has 1 atom stereocenters. The van der Waals surface area contributed by atoms with E-state index >= 15 is 0 Å². The molecule has 0 fully saturated rings. The number of H-pyrrole nitrogens is 1. The largest absolute Gasteiger partial charge is 0.493 e. The lowest BCUT2D eigenvalue weighted by Gasteiger charge is -2.20. The number of hydrazone groups is 1. The standard InChI is InChI=1S/C22H21ClN4O5/c1-26-16(12-7-8-17(31-2)18(9-12)32-3)11-15(25-26)19-20(28)24-22(30)27(21(19)29)14-6-4-5-13(23)10-14/h4-10,16,29H,11H2,1-3H3,(H,24,28,30)/t16-/m0/s1. The van der Waals surface area contributed by atoms with E-state index in [9.17, 15) is 14.7 Å². The summed E-state index contributed by atoms with van der Waals surface area (Å²) in [5.41, 5.74) is -0.00196. The second-order valence-corrected chi connectivity index (χ2v) is 7.66. The Morgan fingerprint density at radius 1 is 1.12 bits per heavy atom. The molecule has 2 N–H and O–H groups in total. The van der Waals surface area contributed by atoms with E-state index in [4.69, 9.17) is 21.1 Å². The molecular weight excluding hydrogens is 436 g/mol. The minimum absolute atomic E-state index is 0.0700. The first-order chi connectivity index (χ1) is 15.3. The van der Waals surface area contributed by atoms with Gasteiger partial charge in [0.25, 0.3) is 5.56 Å². The van der Waals surface area contributed by atoms with Crippen molar-refractivity contribution in [2.24, 2.45) is 5.10 Å². The number of ether oxygens (including phenoxy) is 2. The van der Waals surface area contributed by atoms with E-state index in [1.807, 2.05) is 12.1 Å². The first-order valence-corrected chi connectivity index (χ1v) is 10.1. The van der Waals surface area contributed by atoms with Crippen LogP contribution < -0.4 is 20.7 Å². The van der Waals surface area contributed by atoms with Gasteiger partial charge in [-0.25, -0.2) is 9.36 Å². The number of nitrogens with one attached hydrogen (secondary N) is 1. The van der Waals surface area contributed by atoms with Gasteiger partial charge in [-0.05, 0) is 35.9 Å². The highest BCUT2D eigenvalue weighted by molar-refractivity contribution is 6.30. The van der Waals surface area contributed by atoms with Crippen LogP contribution in [0.2, 0.25) is 5.02 Å². The number of halogens is 1. The zero-order valence-corrected chi connectivity index (χ0v) is 18.4. The van der Waals surface area contributed by atoms with Crippen LogP contribution in [0.5, 0.6) is 17.4 Å². The Bertz CT molecular complexity index is 1330. The van der Waals surface area contributed by atoms with Gasteiger partial charge in [0.15, 0.2) is 11.5 Å². The summed E-state index contributed by atoms with van der Waals surface area (Å²) >= 11 is 6.03. The maximum atomic E-state index is 12.6. The lowest BCUT2D eigenvalue weighted by Crippen LogP contribution is -2.33. The van der Waals surface area contributed by atoms with Crippen molar-refractivity contribution in [3.05, 3.63) is 79.5 Å². The van der Waals surface area contributed by atoms with Crippen molar-refractivity contribution in [2.75, 3.05) is 21.3 Å². The summed E-state index contributed by atoms with van der Waals surface area (Å²) in [6.07, 6.45) is 0.330. The van der Waals surface area contributed by atoms with Crippen LogP contribution in [0.3, 0.4) is 0 Å². The van der Waals surface area contributed by atoms with Gasteiger partial charge in [-0.3, -0.25) is 14.8 Å². The van der Waals surface area contributed by atoms with Gasteiger partial charge in [-0.2, -0.15) is 5.10 Å². The Hall–Kier alpha value is -3.72. The molecule has 32 heavy (non-hydrogen) atoms. The molecule has 0 spiro atoms. The van der Waals surface area contributed by atoms with Crippen molar-refractivity contribution >= 4 is 17.3 Å². The zero-order valence-electron chi connectivity index (χ0n) is 17.6. The topological polar surface area (TPSA) is 109 Å². The van der Waals surface area contributed by atoms with Crippen LogP contribution in [0.25, 0.3) is 5.69 Å². The summed E-state index contributed by atoms with van der Waals surface area (Å²) < 4.78 is 11.7. The maximum absolute atomic E-state index is 12.6. The summed E-state index contributed by atoms with van der Waals surface area (Å²) in [7, 11) is 4.88. The Kier molecular flexibility index (Phi) is 5.67. The molecule has 3 aromatic rings. The minimum Gasteiger partial charge on any atom is -0.493 e. The number of rotatable bonds is 5. The fraction of sp³-hybridized carbons (Fsp3) is 0.227. The molecule has 9 nitrogen and oxygen atoms in total. The third kappa shape index (κ3) is 3.71. The number of nitrogens with zero attached hydrogens (tertiary/aromatic N) is 3. The van der Waals surface area contributed by atoms with E-state index < -0.39 is 17.1 Å². The lowest BCUT2D eigenvalue weighted by molar-refractivity contribution is 0.288. The second kappa shape index (κ2) is 8.43. The van der Waals surface area contributed by atoms with Crippen LogP contribution in [0.15, 0.2) is 57.2 Å². The minimum atomic E-state index is -0.776. The van der Waals surface area contributed by atoms with Gasteiger partial charge in [0.2, 0.25) is 5.88 Å². The summed E-state index contributed by atoms with van der Waals surface area (Å²) in [5.74, 6) is 0.670. The quantitative estimate of drug-likeness (QED) is 0.611. The summed E-state index contributed by atoms with van der Waals surface area (Å²) in [4.78, 5) is 27.3. The monoisotopic (exact) mass is 456 g/mol. The van der Waals surface area contributed by atoms with Crippen LogP contribution in [0.4, 0.5) is 0 Å². The average Bonchev–Trinajstić information content (AvgIpc) is 3.13. The van der Waals surface area contributed by atoms with Gasteiger partial charge in [-0.15, -0.1) is 0 Å². The third-order valence-electron chi connectivity index (χ3n) is 5.35. The number of aromatic hydroxyl groups is 1. The molecule has 1 aromatic heterocycles. The molecule has 2 aromatic carbocycles. The van der Waals surface area contributed by atoms with Crippen molar-refractivity contribution < 1.29 is 14.6 Å². The Balaban J connectivity index is 1.76. The third-order valence-corrected chi connectivity index (χ3v) is 5.58. The number of hydrogen-bond donors (Lipinski definition) is 2. The number of hydrogen-bond acceptors (Lipinski definition) is 7. The molecule has 1 aliphatic rings. The van der Waals surface area contributed by atoms with Crippen LogP contribution >= 0.6 is 11.6 Å². The van der Waals surface area contributed by atoms with Crippen LogP contribution in [0, 0.1) is 0 Å². The van der Waals surface area contributed by atoms with Crippen LogP contribution in [-0.4, -0.2) is 46.6 Å². The summed E-state index contributed by atoms with van der Waals surface area (Å²) in [6, 6.07) is 11.7. The molecule has 2 heterocycles. The molecule has 0 aliphatic carbocycles. The highest BCUT2D eigenvalue weighted by Gasteiger charge is 2.31. The average molecular weight is 457 g/mol.